The number of aliphatic carboxylic acids is 2. The van der Waals surface area contributed by atoms with Crippen LogP contribution in [0.2, 0.25) is 0 Å². The smallest absolute Gasteiger partial charge is 0.550 e. The molecule has 0 saturated heterocycles. The van der Waals surface area contributed by atoms with E-state index in [4.69, 9.17) is 0 Å². The van der Waals surface area contributed by atoms with E-state index >= 15 is 0 Å². The fourth-order valence-electron chi connectivity index (χ4n) is 6.70. The minimum atomic E-state index is -0.901. The second-order valence-corrected chi connectivity index (χ2v) is 15.0. The molecule has 0 amide bonds. The molecule has 0 spiro atoms. The van der Waals surface area contributed by atoms with Gasteiger partial charge in [0.2, 0.25) is 0 Å². The van der Waals surface area contributed by atoms with Crippen molar-refractivity contribution in [2.45, 2.75) is 271 Å². The van der Waals surface area contributed by atoms with E-state index in [1.165, 1.54) is 218 Å². The van der Waals surface area contributed by atoms with Crippen LogP contribution in [0.1, 0.15) is 271 Å². The maximum atomic E-state index is 10.3. The summed E-state index contributed by atoms with van der Waals surface area (Å²) in [5, 5.41) is 20.5. The zero-order chi connectivity index (χ0) is 35.4. The van der Waals surface area contributed by atoms with Crippen LogP contribution in [-0.4, -0.2) is 11.9 Å². The third-order valence-electron chi connectivity index (χ3n) is 9.97. The summed E-state index contributed by atoms with van der Waals surface area (Å²) in [6.07, 6.45) is 51.5. The Morgan fingerprint density at radius 1 is 0.265 bits per heavy atom. The molecule has 0 aromatic carbocycles. The average Bonchev–Trinajstić information content (AvgIpc) is 3.07. The number of rotatable bonds is 40. The minimum Gasteiger partial charge on any atom is -0.550 e. The first-order chi connectivity index (χ1) is 23.5. The van der Waals surface area contributed by atoms with E-state index in [1.54, 1.807) is 0 Å². The fourth-order valence-corrected chi connectivity index (χ4v) is 6.70. The molecule has 0 fully saturated rings. The summed E-state index contributed by atoms with van der Waals surface area (Å²) in [6.45, 7) is 4.56. The number of carbonyl (C=O) groups is 2. The van der Waals surface area contributed by atoms with E-state index < -0.39 is 11.9 Å². The van der Waals surface area contributed by atoms with Gasteiger partial charge >= 0.3 is 19.5 Å². The number of carbonyl (C=O) groups excluding carboxylic acids is 2. The van der Waals surface area contributed by atoms with Gasteiger partial charge in [-0.2, -0.15) is 0 Å². The molecule has 0 aromatic heterocycles. The Morgan fingerprint density at radius 2 is 0.388 bits per heavy atom. The van der Waals surface area contributed by atoms with Gasteiger partial charge in [-0.25, -0.2) is 0 Å². The van der Waals surface area contributed by atoms with Gasteiger partial charge in [-0.3, -0.25) is 0 Å². The molecule has 0 bridgehead atoms. The summed E-state index contributed by atoms with van der Waals surface area (Å²) in [5.74, 6) is -1.80. The van der Waals surface area contributed by atoms with E-state index in [1.807, 2.05) is 0 Å². The zero-order valence-electron chi connectivity index (χ0n) is 33.6. The summed E-state index contributed by atoms with van der Waals surface area (Å²) >= 11 is 0. The Balaban J connectivity index is -0.000000849. The molecule has 0 atom stereocenters. The molecule has 0 aliphatic heterocycles. The van der Waals surface area contributed by atoms with Crippen LogP contribution in [0, 0.1) is 0 Å². The first-order valence-electron chi connectivity index (χ1n) is 21.9. The molecule has 0 rings (SSSR count). The van der Waals surface area contributed by atoms with Gasteiger partial charge in [0.25, 0.3) is 0 Å². The first-order valence-corrected chi connectivity index (χ1v) is 21.9. The van der Waals surface area contributed by atoms with E-state index in [2.05, 4.69) is 13.8 Å². The summed E-state index contributed by atoms with van der Waals surface area (Å²) in [7, 11) is 0. The minimum absolute atomic E-state index is 0. The van der Waals surface area contributed by atoms with Crippen molar-refractivity contribution in [2.24, 2.45) is 0 Å². The van der Waals surface area contributed by atoms with E-state index in [0.717, 1.165) is 25.7 Å². The molecule has 0 aliphatic carbocycles. The molecular weight excluding hydrogens is 658 g/mol. The second-order valence-electron chi connectivity index (χ2n) is 15.0. The maximum Gasteiger partial charge on any atom is 2.00 e. The molecule has 0 aliphatic rings. The van der Waals surface area contributed by atoms with Crippen molar-refractivity contribution in [1.29, 1.82) is 0 Å². The number of carboxylic acids is 2. The molecule has 0 saturated carbocycles. The Labute approximate surface area is 320 Å². The predicted octanol–water partition coefficient (Wildman–Crippen LogP) is 13.1. The van der Waals surface area contributed by atoms with Crippen LogP contribution in [0.4, 0.5) is 0 Å². The van der Waals surface area contributed by atoms with Crippen molar-refractivity contribution in [1.82, 2.24) is 0 Å². The van der Waals surface area contributed by atoms with Gasteiger partial charge < -0.3 is 19.8 Å². The predicted molar refractivity (Wildman–Crippen MR) is 206 cm³/mol. The van der Waals surface area contributed by atoms with Gasteiger partial charge in [0.15, 0.2) is 0 Å². The molecular formula is C44H86O4Zn. The van der Waals surface area contributed by atoms with Crippen LogP contribution in [0.3, 0.4) is 0 Å². The van der Waals surface area contributed by atoms with Crippen LogP contribution in [0.5, 0.6) is 0 Å². The fraction of sp³-hybridized carbons (Fsp3) is 0.955. The molecule has 0 aromatic rings. The topological polar surface area (TPSA) is 80.3 Å². The summed E-state index contributed by atoms with van der Waals surface area (Å²) in [4.78, 5) is 20.5. The van der Waals surface area contributed by atoms with Crippen molar-refractivity contribution in [3.8, 4) is 0 Å². The van der Waals surface area contributed by atoms with Gasteiger partial charge in [0.1, 0.15) is 0 Å². The largest absolute Gasteiger partial charge is 2.00 e. The second kappa shape index (κ2) is 49.7. The summed E-state index contributed by atoms with van der Waals surface area (Å²) in [6, 6.07) is 0. The Bertz CT molecular complexity index is 612. The molecule has 288 valence electrons. The van der Waals surface area contributed by atoms with Crippen molar-refractivity contribution in [3.05, 3.63) is 0 Å². The van der Waals surface area contributed by atoms with Crippen molar-refractivity contribution < 1.29 is 39.3 Å². The van der Waals surface area contributed by atoms with Crippen LogP contribution < -0.4 is 10.2 Å². The average molecular weight is 745 g/mol. The van der Waals surface area contributed by atoms with E-state index in [0.29, 0.717) is 0 Å². The third-order valence-corrected chi connectivity index (χ3v) is 9.97. The molecule has 0 N–H and O–H groups in total. The summed E-state index contributed by atoms with van der Waals surface area (Å²) in [5.41, 5.74) is 0. The standard InChI is InChI=1S/C23H46O2.C21H42O2.Zn/c1-2-3-4-5-6-7-8-9-10-11-12-13-14-15-16-17-18-19-20-21-22-23(24)25;1-2-3-4-5-6-7-8-9-10-11-12-13-14-15-16-17-18-19-20-21(22)23;/h2-22H2,1H3,(H,24,25);2-20H2,1H3,(H,22,23);/q;;+2/p-2. The first kappa shape index (κ1) is 52.9. The maximum absolute atomic E-state index is 10.3. The van der Waals surface area contributed by atoms with Crippen LogP contribution in [-0.2, 0) is 29.1 Å². The monoisotopic (exact) mass is 743 g/mol. The third kappa shape index (κ3) is 57.2. The van der Waals surface area contributed by atoms with Crippen LogP contribution >= 0.6 is 0 Å². The quantitative estimate of drug-likeness (QED) is 0.0462. The van der Waals surface area contributed by atoms with Gasteiger partial charge in [-0.05, 0) is 25.7 Å². The van der Waals surface area contributed by atoms with E-state index in [9.17, 15) is 19.8 Å². The van der Waals surface area contributed by atoms with Crippen molar-refractivity contribution in [3.63, 3.8) is 0 Å². The SMILES string of the molecule is CCCCCCCCCCCCCCCCCCCCC(=O)[O-].CCCCCCCCCCCCCCCCCCCCCCC(=O)[O-].[Zn+2]. The van der Waals surface area contributed by atoms with Crippen LogP contribution in [0.15, 0.2) is 0 Å². The molecule has 5 heteroatoms. The molecule has 4 nitrogen and oxygen atoms in total. The summed E-state index contributed by atoms with van der Waals surface area (Å²) < 4.78 is 0. The Morgan fingerprint density at radius 3 is 0.510 bits per heavy atom. The normalized spacial score (nSPS) is 10.8. The van der Waals surface area contributed by atoms with Crippen molar-refractivity contribution >= 4 is 11.9 Å². The number of unbranched alkanes of at least 4 members (excludes halogenated alkanes) is 36. The van der Waals surface area contributed by atoms with Gasteiger partial charge in [-0.1, -0.05) is 245 Å². The number of hydrogen-bond acceptors (Lipinski definition) is 4. The molecule has 49 heavy (non-hydrogen) atoms. The van der Waals surface area contributed by atoms with Gasteiger partial charge in [0.05, 0.1) is 0 Å². The van der Waals surface area contributed by atoms with E-state index in [-0.39, 0.29) is 32.3 Å². The van der Waals surface area contributed by atoms with Gasteiger partial charge in [0, 0.05) is 11.9 Å². The van der Waals surface area contributed by atoms with Crippen molar-refractivity contribution in [2.75, 3.05) is 0 Å². The molecule has 0 unspecified atom stereocenters. The molecule has 0 radical (unpaired) electrons. The number of carboxylic acid groups (broad SMARTS) is 2. The Hall–Kier alpha value is -0.437. The zero-order valence-corrected chi connectivity index (χ0v) is 36.6. The molecule has 0 heterocycles. The van der Waals surface area contributed by atoms with Gasteiger partial charge in [-0.15, -0.1) is 0 Å². The Kier molecular flexibility index (Phi) is 53.6. The van der Waals surface area contributed by atoms with Crippen LogP contribution in [0.25, 0.3) is 0 Å². The number of hydrogen-bond donors (Lipinski definition) is 0.